The lowest BCUT2D eigenvalue weighted by atomic mass is 9.92. The summed E-state index contributed by atoms with van der Waals surface area (Å²) in [5, 5.41) is 13.5. The smallest absolute Gasteiger partial charge is 0.339 e. The fourth-order valence-electron chi connectivity index (χ4n) is 2.61. The third-order valence-electron chi connectivity index (χ3n) is 4.20. The molecule has 0 aliphatic heterocycles. The number of aromatic carboxylic acids is 1. The molecule has 0 aliphatic carbocycles. The highest BCUT2D eigenvalue weighted by Crippen LogP contribution is 2.35. The number of carboxylic acid groups (broad SMARTS) is 1. The van der Waals surface area contributed by atoms with Crippen LogP contribution >= 0.6 is 0 Å². The Labute approximate surface area is 142 Å². The SMILES string of the molecule is Cc1noc(C)c1COc1c(C(=O)O)cc(C(C)C)cc1C(C)C. The van der Waals surface area contributed by atoms with Crippen molar-refractivity contribution in [2.75, 3.05) is 0 Å². The van der Waals surface area contributed by atoms with Crippen LogP contribution in [0.3, 0.4) is 0 Å². The molecule has 1 aromatic carbocycles. The summed E-state index contributed by atoms with van der Waals surface area (Å²) in [6, 6.07) is 3.76. The van der Waals surface area contributed by atoms with Crippen molar-refractivity contribution >= 4 is 5.97 Å². The van der Waals surface area contributed by atoms with Crippen LogP contribution in [-0.4, -0.2) is 16.2 Å². The Morgan fingerprint density at radius 2 is 1.88 bits per heavy atom. The third-order valence-corrected chi connectivity index (χ3v) is 4.20. The molecule has 0 unspecified atom stereocenters. The summed E-state index contributed by atoms with van der Waals surface area (Å²) in [6.07, 6.45) is 0. The van der Waals surface area contributed by atoms with Crippen LogP contribution in [0.4, 0.5) is 0 Å². The fraction of sp³-hybridized carbons (Fsp3) is 0.474. The van der Waals surface area contributed by atoms with Crippen LogP contribution in [0.2, 0.25) is 0 Å². The second-order valence-electron chi connectivity index (χ2n) is 6.69. The highest BCUT2D eigenvalue weighted by Gasteiger charge is 2.21. The van der Waals surface area contributed by atoms with Gasteiger partial charge in [0, 0.05) is 0 Å². The monoisotopic (exact) mass is 331 g/mol. The molecule has 5 nitrogen and oxygen atoms in total. The van der Waals surface area contributed by atoms with E-state index in [0.717, 1.165) is 22.4 Å². The van der Waals surface area contributed by atoms with Crippen molar-refractivity contribution in [2.45, 2.75) is 60.0 Å². The Balaban J connectivity index is 2.48. The summed E-state index contributed by atoms with van der Waals surface area (Å²) >= 11 is 0. The summed E-state index contributed by atoms with van der Waals surface area (Å²) < 4.78 is 11.1. The van der Waals surface area contributed by atoms with Gasteiger partial charge in [-0.2, -0.15) is 0 Å². The fourth-order valence-corrected chi connectivity index (χ4v) is 2.61. The topological polar surface area (TPSA) is 72.6 Å². The molecule has 0 saturated carbocycles. The average Bonchev–Trinajstić information content (AvgIpc) is 2.82. The molecule has 1 N–H and O–H groups in total. The van der Waals surface area contributed by atoms with Gasteiger partial charge in [-0.25, -0.2) is 4.79 Å². The van der Waals surface area contributed by atoms with Crippen LogP contribution in [0.15, 0.2) is 16.7 Å². The first kappa shape index (κ1) is 18.0. The van der Waals surface area contributed by atoms with Crippen LogP contribution in [-0.2, 0) is 6.61 Å². The highest BCUT2D eigenvalue weighted by atomic mass is 16.5. The van der Waals surface area contributed by atoms with Gasteiger partial charge in [0.25, 0.3) is 0 Å². The van der Waals surface area contributed by atoms with Crippen LogP contribution in [0, 0.1) is 13.8 Å². The van der Waals surface area contributed by atoms with Gasteiger partial charge >= 0.3 is 5.97 Å². The zero-order valence-electron chi connectivity index (χ0n) is 15.1. The zero-order chi connectivity index (χ0) is 18.0. The van der Waals surface area contributed by atoms with E-state index in [0.29, 0.717) is 11.5 Å². The Hall–Kier alpha value is -2.30. The number of ether oxygens (including phenoxy) is 1. The number of rotatable bonds is 6. The number of aryl methyl sites for hydroxylation is 2. The first-order valence-electron chi connectivity index (χ1n) is 8.18. The maximum Gasteiger partial charge on any atom is 0.339 e. The van der Waals surface area contributed by atoms with E-state index in [1.165, 1.54) is 0 Å². The van der Waals surface area contributed by atoms with Crippen molar-refractivity contribution in [3.8, 4) is 5.75 Å². The lowest BCUT2D eigenvalue weighted by Crippen LogP contribution is -2.09. The zero-order valence-corrected chi connectivity index (χ0v) is 15.1. The van der Waals surface area contributed by atoms with Crippen molar-refractivity contribution in [2.24, 2.45) is 0 Å². The second kappa shape index (κ2) is 7.07. The quantitative estimate of drug-likeness (QED) is 0.822. The van der Waals surface area contributed by atoms with Crippen LogP contribution in [0.25, 0.3) is 0 Å². The molecule has 130 valence electrons. The number of carbonyl (C=O) groups is 1. The Morgan fingerprint density at radius 1 is 1.21 bits per heavy atom. The first-order chi connectivity index (χ1) is 11.2. The minimum Gasteiger partial charge on any atom is -0.487 e. The molecule has 2 aromatic rings. The normalized spacial score (nSPS) is 11.3. The molecule has 0 atom stereocenters. The van der Waals surface area contributed by atoms with Gasteiger partial charge in [0.2, 0.25) is 0 Å². The van der Waals surface area contributed by atoms with E-state index in [1.807, 2.05) is 33.8 Å². The molecule has 1 aromatic heterocycles. The van der Waals surface area contributed by atoms with Gasteiger partial charge in [-0.15, -0.1) is 0 Å². The molecule has 0 aliphatic rings. The van der Waals surface area contributed by atoms with Crippen molar-refractivity contribution in [1.29, 1.82) is 0 Å². The van der Waals surface area contributed by atoms with Crippen LogP contribution < -0.4 is 4.74 Å². The van der Waals surface area contributed by atoms with E-state index in [9.17, 15) is 9.90 Å². The van der Waals surface area contributed by atoms with Gasteiger partial charge in [0.05, 0.1) is 11.3 Å². The number of nitrogens with zero attached hydrogens (tertiary/aromatic N) is 1. The van der Waals surface area contributed by atoms with Crippen LogP contribution in [0.1, 0.15) is 78.0 Å². The minimum atomic E-state index is -0.979. The maximum atomic E-state index is 11.8. The van der Waals surface area contributed by atoms with E-state index in [-0.39, 0.29) is 24.0 Å². The molecule has 0 spiro atoms. The molecule has 0 radical (unpaired) electrons. The largest absolute Gasteiger partial charge is 0.487 e. The Bertz CT molecular complexity index is 725. The summed E-state index contributed by atoms with van der Waals surface area (Å²) in [5.41, 5.74) is 3.73. The van der Waals surface area contributed by atoms with Gasteiger partial charge in [-0.3, -0.25) is 0 Å². The number of carboxylic acids is 1. The van der Waals surface area contributed by atoms with Crippen molar-refractivity contribution < 1.29 is 19.2 Å². The molecule has 0 amide bonds. The number of hydrogen-bond acceptors (Lipinski definition) is 4. The Morgan fingerprint density at radius 3 is 2.33 bits per heavy atom. The maximum absolute atomic E-state index is 11.8. The molecule has 0 saturated heterocycles. The molecular formula is C19H25NO4. The van der Waals surface area contributed by atoms with Gasteiger partial charge < -0.3 is 14.4 Å². The second-order valence-corrected chi connectivity index (χ2v) is 6.69. The summed E-state index contributed by atoms with van der Waals surface area (Å²) in [6.45, 7) is 12.1. The molecule has 0 fully saturated rings. The third kappa shape index (κ3) is 3.61. The van der Waals surface area contributed by atoms with Crippen molar-refractivity contribution in [1.82, 2.24) is 5.16 Å². The minimum absolute atomic E-state index is 0.154. The standard InChI is InChI=1S/C19H25NO4/c1-10(2)14-7-15(11(3)4)18(16(8-14)19(21)22)23-9-17-12(5)20-24-13(17)6/h7-8,10-11H,9H2,1-6H3,(H,21,22). The van der Waals surface area contributed by atoms with Gasteiger partial charge in [-0.1, -0.05) is 38.9 Å². The average molecular weight is 331 g/mol. The number of aromatic nitrogens is 1. The Kier molecular flexibility index (Phi) is 5.32. The van der Waals surface area contributed by atoms with Gasteiger partial charge in [-0.05, 0) is 42.9 Å². The van der Waals surface area contributed by atoms with Gasteiger partial charge in [0.15, 0.2) is 0 Å². The number of benzene rings is 1. The van der Waals surface area contributed by atoms with E-state index in [2.05, 4.69) is 19.0 Å². The summed E-state index contributed by atoms with van der Waals surface area (Å²) in [4.78, 5) is 11.8. The highest BCUT2D eigenvalue weighted by molar-refractivity contribution is 5.92. The molecule has 0 bridgehead atoms. The molecule has 24 heavy (non-hydrogen) atoms. The van der Waals surface area contributed by atoms with Gasteiger partial charge in [0.1, 0.15) is 23.7 Å². The summed E-state index contributed by atoms with van der Waals surface area (Å²) in [7, 11) is 0. The summed E-state index contributed by atoms with van der Waals surface area (Å²) in [5.74, 6) is 0.544. The van der Waals surface area contributed by atoms with Crippen molar-refractivity contribution in [3.05, 3.63) is 45.8 Å². The number of hydrogen-bond donors (Lipinski definition) is 1. The first-order valence-corrected chi connectivity index (χ1v) is 8.18. The van der Waals surface area contributed by atoms with Crippen molar-refractivity contribution in [3.63, 3.8) is 0 Å². The molecule has 5 heteroatoms. The van der Waals surface area contributed by atoms with E-state index < -0.39 is 5.97 Å². The predicted octanol–water partition coefficient (Wildman–Crippen LogP) is 4.82. The van der Waals surface area contributed by atoms with E-state index in [1.54, 1.807) is 6.07 Å². The van der Waals surface area contributed by atoms with E-state index >= 15 is 0 Å². The molecule has 1 heterocycles. The lowest BCUT2D eigenvalue weighted by Gasteiger charge is -2.19. The molecule has 2 rings (SSSR count). The predicted molar refractivity (Wildman–Crippen MR) is 91.9 cm³/mol. The van der Waals surface area contributed by atoms with Crippen LogP contribution in [0.5, 0.6) is 5.75 Å². The van der Waals surface area contributed by atoms with E-state index in [4.69, 9.17) is 9.26 Å². The lowest BCUT2D eigenvalue weighted by molar-refractivity contribution is 0.0691. The molecular weight excluding hydrogens is 306 g/mol.